The molecule has 0 aliphatic heterocycles. The molecule has 0 aliphatic rings. The summed E-state index contributed by atoms with van der Waals surface area (Å²) in [5.74, 6) is 0. The number of halogens is 1. The summed E-state index contributed by atoms with van der Waals surface area (Å²) < 4.78 is 0. The van der Waals surface area contributed by atoms with Crippen molar-refractivity contribution in [3.05, 3.63) is 58.9 Å². The fraction of sp³-hybridized carbons (Fsp3) is 0.143. The van der Waals surface area contributed by atoms with Crippen LogP contribution in [0.4, 0.5) is 5.69 Å². The number of benzene rings is 1. The zero-order valence-electron chi connectivity index (χ0n) is 10.3. The first-order valence-corrected chi connectivity index (χ1v) is 6.67. The van der Waals surface area contributed by atoms with E-state index < -0.39 is 0 Å². The number of thiocarbonyl (C=S) groups is 1. The van der Waals surface area contributed by atoms with Gasteiger partial charge in [-0.25, -0.2) is 0 Å². The summed E-state index contributed by atoms with van der Waals surface area (Å²) in [6.07, 6.45) is 4.52. The maximum Gasteiger partial charge on any atom is 0.105 e. The number of hydrogen-bond donors (Lipinski definition) is 2. The van der Waals surface area contributed by atoms with Gasteiger partial charge in [-0.15, -0.1) is 0 Å². The van der Waals surface area contributed by atoms with Gasteiger partial charge in [-0.05, 0) is 42.3 Å². The van der Waals surface area contributed by atoms with Crippen molar-refractivity contribution in [2.24, 2.45) is 5.73 Å². The molecule has 0 aliphatic carbocycles. The molecule has 0 radical (unpaired) electrons. The van der Waals surface area contributed by atoms with Crippen LogP contribution < -0.4 is 11.1 Å². The first-order valence-electron chi connectivity index (χ1n) is 5.89. The zero-order chi connectivity index (χ0) is 13.7. The van der Waals surface area contributed by atoms with Gasteiger partial charge in [-0.2, -0.15) is 0 Å². The van der Waals surface area contributed by atoms with E-state index in [4.69, 9.17) is 29.6 Å². The van der Waals surface area contributed by atoms with Gasteiger partial charge < -0.3 is 11.1 Å². The van der Waals surface area contributed by atoms with Gasteiger partial charge in [-0.1, -0.05) is 23.8 Å². The van der Waals surface area contributed by atoms with E-state index in [9.17, 15) is 0 Å². The van der Waals surface area contributed by atoms with Crippen LogP contribution in [0.2, 0.25) is 5.02 Å². The second-order valence-corrected chi connectivity index (χ2v) is 4.94. The van der Waals surface area contributed by atoms with E-state index >= 15 is 0 Å². The van der Waals surface area contributed by atoms with Gasteiger partial charge in [0.05, 0.1) is 5.02 Å². The number of rotatable bonds is 5. The molecule has 0 saturated heterocycles. The Morgan fingerprint density at radius 2 is 2.00 bits per heavy atom. The lowest BCUT2D eigenvalue weighted by molar-refractivity contribution is 1.01. The third kappa shape index (κ3) is 3.91. The van der Waals surface area contributed by atoms with Crippen molar-refractivity contribution in [3.63, 3.8) is 0 Å². The van der Waals surface area contributed by atoms with Crippen LogP contribution in [0.15, 0.2) is 42.7 Å². The average molecular weight is 292 g/mol. The summed E-state index contributed by atoms with van der Waals surface area (Å²) in [4.78, 5) is 4.30. The molecule has 1 heterocycles. The van der Waals surface area contributed by atoms with Gasteiger partial charge in [0.25, 0.3) is 0 Å². The van der Waals surface area contributed by atoms with Crippen LogP contribution in [0.1, 0.15) is 11.1 Å². The maximum atomic E-state index is 6.10. The van der Waals surface area contributed by atoms with Crippen molar-refractivity contribution >= 4 is 34.5 Å². The van der Waals surface area contributed by atoms with Crippen LogP contribution in [-0.4, -0.2) is 16.5 Å². The Morgan fingerprint density at radius 1 is 1.26 bits per heavy atom. The number of nitrogens with one attached hydrogen (secondary N) is 1. The Balaban J connectivity index is 1.93. The van der Waals surface area contributed by atoms with Crippen molar-refractivity contribution < 1.29 is 0 Å². The molecule has 0 fully saturated rings. The average Bonchev–Trinajstić information content (AvgIpc) is 2.39. The van der Waals surface area contributed by atoms with Crippen molar-refractivity contribution in [1.29, 1.82) is 0 Å². The maximum absolute atomic E-state index is 6.10. The van der Waals surface area contributed by atoms with Crippen molar-refractivity contribution in [3.8, 4) is 0 Å². The van der Waals surface area contributed by atoms with E-state index in [1.807, 2.05) is 30.3 Å². The fourth-order valence-corrected chi connectivity index (χ4v) is 2.24. The number of pyridine rings is 1. The predicted molar refractivity (Wildman–Crippen MR) is 83.8 cm³/mol. The molecule has 0 saturated carbocycles. The molecule has 2 rings (SSSR count). The third-order valence-corrected chi connectivity index (χ3v) is 3.26. The number of nitrogens with zero attached hydrogens (tertiary/aromatic N) is 1. The quantitative estimate of drug-likeness (QED) is 0.832. The third-order valence-electron chi connectivity index (χ3n) is 2.73. The molecule has 19 heavy (non-hydrogen) atoms. The minimum atomic E-state index is 0.313. The SMILES string of the molecule is NC(=S)c1ccc(NCCc2ccncc2)cc1Cl. The lowest BCUT2D eigenvalue weighted by Crippen LogP contribution is -2.10. The first kappa shape index (κ1) is 13.8. The van der Waals surface area contributed by atoms with Crippen molar-refractivity contribution in [1.82, 2.24) is 4.98 Å². The summed E-state index contributed by atoms with van der Waals surface area (Å²) in [6.45, 7) is 0.826. The van der Waals surface area contributed by atoms with Crippen LogP contribution in [0.5, 0.6) is 0 Å². The molecule has 0 unspecified atom stereocenters. The highest BCUT2D eigenvalue weighted by Gasteiger charge is 2.04. The molecular formula is C14H14ClN3S. The first-order chi connectivity index (χ1) is 9.16. The number of aromatic nitrogens is 1. The molecule has 3 N–H and O–H groups in total. The number of nitrogens with two attached hydrogens (primary N) is 1. The highest BCUT2D eigenvalue weighted by Crippen LogP contribution is 2.20. The van der Waals surface area contributed by atoms with Crippen LogP contribution in [-0.2, 0) is 6.42 Å². The lowest BCUT2D eigenvalue weighted by atomic mass is 10.2. The van der Waals surface area contributed by atoms with Gasteiger partial charge in [0.1, 0.15) is 4.99 Å². The molecule has 3 nitrogen and oxygen atoms in total. The highest BCUT2D eigenvalue weighted by molar-refractivity contribution is 7.80. The Bertz CT molecular complexity index is 572. The van der Waals surface area contributed by atoms with Gasteiger partial charge in [-0.3, -0.25) is 4.98 Å². The summed E-state index contributed by atoms with van der Waals surface area (Å²) in [6, 6.07) is 9.60. The number of hydrogen-bond acceptors (Lipinski definition) is 3. The topological polar surface area (TPSA) is 50.9 Å². The molecule has 1 aromatic heterocycles. The molecule has 1 aromatic carbocycles. The van der Waals surface area contributed by atoms with Gasteiger partial charge in [0, 0.05) is 30.2 Å². The van der Waals surface area contributed by atoms with Gasteiger partial charge >= 0.3 is 0 Å². The molecule has 2 aromatic rings. The molecule has 98 valence electrons. The summed E-state index contributed by atoms with van der Waals surface area (Å²) in [7, 11) is 0. The molecular weight excluding hydrogens is 278 g/mol. The molecule has 0 bridgehead atoms. The molecule has 0 atom stereocenters. The second-order valence-electron chi connectivity index (χ2n) is 4.09. The molecule has 0 amide bonds. The standard InChI is InChI=1S/C14H14ClN3S/c15-13-9-11(1-2-12(13)14(16)19)18-8-5-10-3-6-17-7-4-10/h1-4,6-7,9,18H,5,8H2,(H2,16,19). The summed E-state index contributed by atoms with van der Waals surface area (Å²) in [5.41, 5.74) is 8.47. The Morgan fingerprint density at radius 3 is 2.63 bits per heavy atom. The minimum absolute atomic E-state index is 0.313. The zero-order valence-corrected chi connectivity index (χ0v) is 11.8. The Hall–Kier alpha value is -1.65. The molecule has 5 heteroatoms. The van der Waals surface area contributed by atoms with Gasteiger partial charge in [0.2, 0.25) is 0 Å². The van der Waals surface area contributed by atoms with E-state index in [0.717, 1.165) is 18.7 Å². The second kappa shape index (κ2) is 6.50. The predicted octanol–water partition coefficient (Wildman–Crippen LogP) is 3.02. The van der Waals surface area contributed by atoms with Crippen LogP contribution >= 0.6 is 23.8 Å². The normalized spacial score (nSPS) is 10.2. The molecule has 0 spiro atoms. The Labute approximate surface area is 122 Å². The lowest BCUT2D eigenvalue weighted by Gasteiger charge is -2.09. The highest BCUT2D eigenvalue weighted by atomic mass is 35.5. The summed E-state index contributed by atoms with van der Waals surface area (Å²) in [5, 5.41) is 3.88. The number of anilines is 1. The van der Waals surface area contributed by atoms with Gasteiger partial charge in [0.15, 0.2) is 0 Å². The largest absolute Gasteiger partial charge is 0.389 e. The van der Waals surface area contributed by atoms with E-state index in [2.05, 4.69) is 10.3 Å². The van der Waals surface area contributed by atoms with E-state index in [1.54, 1.807) is 12.4 Å². The summed E-state index contributed by atoms with van der Waals surface area (Å²) >= 11 is 11.0. The van der Waals surface area contributed by atoms with Crippen LogP contribution in [0, 0.1) is 0 Å². The van der Waals surface area contributed by atoms with Crippen molar-refractivity contribution in [2.45, 2.75) is 6.42 Å². The van der Waals surface area contributed by atoms with E-state index in [0.29, 0.717) is 15.6 Å². The minimum Gasteiger partial charge on any atom is -0.389 e. The van der Waals surface area contributed by atoms with Crippen molar-refractivity contribution in [2.75, 3.05) is 11.9 Å². The van der Waals surface area contributed by atoms with Crippen LogP contribution in [0.25, 0.3) is 0 Å². The monoisotopic (exact) mass is 291 g/mol. The van der Waals surface area contributed by atoms with E-state index in [1.165, 1.54) is 5.56 Å². The fourth-order valence-electron chi connectivity index (χ4n) is 1.73. The van der Waals surface area contributed by atoms with Crippen LogP contribution in [0.3, 0.4) is 0 Å². The smallest absolute Gasteiger partial charge is 0.105 e. The van der Waals surface area contributed by atoms with E-state index in [-0.39, 0.29) is 0 Å². The Kier molecular flexibility index (Phi) is 4.71.